The lowest BCUT2D eigenvalue weighted by Crippen LogP contribution is -2.37. The minimum atomic E-state index is -0.0506. The predicted molar refractivity (Wildman–Crippen MR) is 126 cm³/mol. The summed E-state index contributed by atoms with van der Waals surface area (Å²) in [5.74, 6) is 1.51. The van der Waals surface area contributed by atoms with Crippen LogP contribution in [0.15, 0.2) is 54.9 Å². The van der Waals surface area contributed by atoms with E-state index in [1.807, 2.05) is 0 Å². The van der Waals surface area contributed by atoms with E-state index in [1.54, 1.807) is 0 Å². The summed E-state index contributed by atoms with van der Waals surface area (Å²) in [4.78, 5) is 14.6. The number of nitrogens with two attached hydrogens (primary N) is 1. The van der Waals surface area contributed by atoms with E-state index in [0.717, 1.165) is 18.5 Å². The average Bonchev–Trinajstić information content (AvgIpc) is 3.17. The molecule has 1 aliphatic heterocycles. The Labute approximate surface area is 181 Å². The second-order valence-electron chi connectivity index (χ2n) is 8.37. The molecule has 2 aromatic carbocycles. The maximum absolute atomic E-state index is 7.90. The third kappa shape index (κ3) is 3.15. The molecule has 0 bridgehead atoms. The van der Waals surface area contributed by atoms with Gasteiger partial charge < -0.3 is 21.0 Å². The highest BCUT2D eigenvalue weighted by atomic mass is 15.2. The van der Waals surface area contributed by atoms with Crippen molar-refractivity contribution >= 4 is 28.8 Å². The second kappa shape index (κ2) is 7.54. The summed E-state index contributed by atoms with van der Waals surface area (Å²) in [7, 11) is 0. The van der Waals surface area contributed by atoms with Gasteiger partial charge in [-0.05, 0) is 35.1 Å². The van der Waals surface area contributed by atoms with Gasteiger partial charge in [-0.25, -0.2) is 9.97 Å². The summed E-state index contributed by atoms with van der Waals surface area (Å²) < 4.78 is 0. The summed E-state index contributed by atoms with van der Waals surface area (Å²) >= 11 is 0. The first-order valence-corrected chi connectivity index (χ1v) is 10.7. The van der Waals surface area contributed by atoms with Crippen LogP contribution in [-0.4, -0.2) is 27.7 Å². The first-order chi connectivity index (χ1) is 15.1. The molecule has 0 saturated heterocycles. The van der Waals surface area contributed by atoms with E-state index in [4.69, 9.17) is 11.1 Å². The van der Waals surface area contributed by atoms with Gasteiger partial charge in [-0.1, -0.05) is 56.3 Å². The maximum atomic E-state index is 7.90. The molecule has 3 heterocycles. The van der Waals surface area contributed by atoms with Crippen molar-refractivity contribution < 1.29 is 0 Å². The van der Waals surface area contributed by atoms with Crippen molar-refractivity contribution in [2.75, 3.05) is 17.2 Å². The molecule has 0 aliphatic carbocycles. The summed E-state index contributed by atoms with van der Waals surface area (Å²) in [6, 6.07) is 17.3. The van der Waals surface area contributed by atoms with Gasteiger partial charge in [-0.15, -0.1) is 0 Å². The van der Waals surface area contributed by atoms with Gasteiger partial charge in [0.15, 0.2) is 0 Å². The van der Waals surface area contributed by atoms with Crippen LogP contribution in [0.4, 0.5) is 11.6 Å². The number of hydrogen-bond donors (Lipinski definition) is 3. The van der Waals surface area contributed by atoms with Gasteiger partial charge in [0.25, 0.3) is 0 Å². The minimum absolute atomic E-state index is 0.0506. The standard InChI is InChI=1S/C25H26N6/c1-15(2)16-7-9-17(10-8-16)23-22-19(18-5-3-4-6-21(18)30-22)11-12-31(23)25-20(13-26)24(27)28-14-29-25/h3-10,13-15,23,26,30H,11-12H2,1-2H3,(H2,27,28,29). The quantitative estimate of drug-likeness (QED) is 0.421. The molecule has 2 aromatic heterocycles. The molecule has 0 saturated carbocycles. The Bertz CT molecular complexity index is 1250. The van der Waals surface area contributed by atoms with Crippen LogP contribution in [0, 0.1) is 5.41 Å². The zero-order valence-corrected chi connectivity index (χ0v) is 17.8. The number of nitrogen functional groups attached to an aromatic ring is 1. The molecular weight excluding hydrogens is 384 g/mol. The third-order valence-electron chi connectivity index (χ3n) is 6.26. The van der Waals surface area contributed by atoms with Crippen LogP contribution in [0.25, 0.3) is 10.9 Å². The van der Waals surface area contributed by atoms with Crippen LogP contribution in [0.5, 0.6) is 0 Å². The van der Waals surface area contributed by atoms with Gasteiger partial charge >= 0.3 is 0 Å². The normalized spacial score (nSPS) is 16.0. The molecule has 31 heavy (non-hydrogen) atoms. The fourth-order valence-corrected chi connectivity index (χ4v) is 4.65. The molecule has 1 aliphatic rings. The zero-order valence-electron chi connectivity index (χ0n) is 17.8. The molecule has 6 nitrogen and oxygen atoms in total. The van der Waals surface area contributed by atoms with E-state index in [-0.39, 0.29) is 6.04 Å². The lowest BCUT2D eigenvalue weighted by atomic mass is 9.90. The van der Waals surface area contributed by atoms with Gasteiger partial charge in [-0.2, -0.15) is 0 Å². The molecule has 0 radical (unpaired) electrons. The highest BCUT2D eigenvalue weighted by Gasteiger charge is 2.33. The smallest absolute Gasteiger partial charge is 0.143 e. The fourth-order valence-electron chi connectivity index (χ4n) is 4.65. The Morgan fingerprint density at radius 1 is 1.13 bits per heavy atom. The number of benzene rings is 2. The Hall–Kier alpha value is -3.67. The lowest BCUT2D eigenvalue weighted by molar-refractivity contribution is 0.634. The van der Waals surface area contributed by atoms with Gasteiger partial charge in [0.05, 0.1) is 11.6 Å². The van der Waals surface area contributed by atoms with E-state index < -0.39 is 0 Å². The van der Waals surface area contributed by atoms with Gasteiger partial charge in [0.1, 0.15) is 18.0 Å². The molecule has 156 valence electrons. The number of aromatic nitrogens is 3. The maximum Gasteiger partial charge on any atom is 0.143 e. The van der Waals surface area contributed by atoms with Crippen molar-refractivity contribution in [3.8, 4) is 0 Å². The molecule has 0 fully saturated rings. The van der Waals surface area contributed by atoms with Crippen molar-refractivity contribution in [2.24, 2.45) is 0 Å². The topological polar surface area (TPSA) is 94.7 Å². The van der Waals surface area contributed by atoms with Crippen LogP contribution in [0.3, 0.4) is 0 Å². The molecule has 5 rings (SSSR count). The Morgan fingerprint density at radius 2 is 1.90 bits per heavy atom. The van der Waals surface area contributed by atoms with E-state index in [0.29, 0.717) is 23.1 Å². The molecular formula is C25H26N6. The highest BCUT2D eigenvalue weighted by molar-refractivity contribution is 5.91. The number of para-hydroxylation sites is 1. The largest absolute Gasteiger partial charge is 0.383 e. The lowest BCUT2D eigenvalue weighted by Gasteiger charge is -2.38. The fraction of sp³-hybridized carbons (Fsp3) is 0.240. The van der Waals surface area contributed by atoms with Crippen molar-refractivity contribution in [1.82, 2.24) is 15.0 Å². The molecule has 0 spiro atoms. The Morgan fingerprint density at radius 3 is 2.65 bits per heavy atom. The van der Waals surface area contributed by atoms with Crippen molar-refractivity contribution in [3.63, 3.8) is 0 Å². The van der Waals surface area contributed by atoms with Crippen molar-refractivity contribution in [2.45, 2.75) is 32.2 Å². The summed E-state index contributed by atoms with van der Waals surface area (Å²) in [5.41, 5.74) is 12.8. The number of nitrogens with zero attached hydrogens (tertiary/aromatic N) is 3. The molecule has 1 atom stereocenters. The number of hydrogen-bond acceptors (Lipinski definition) is 5. The molecule has 1 unspecified atom stereocenters. The SMILES string of the molecule is CC(C)c1ccc(C2c3[nH]c4ccccc4c3CCN2c2ncnc(N)c2C=N)cc1. The number of H-pyrrole nitrogens is 1. The van der Waals surface area contributed by atoms with Crippen LogP contribution >= 0.6 is 0 Å². The molecule has 6 heteroatoms. The monoisotopic (exact) mass is 410 g/mol. The summed E-state index contributed by atoms with van der Waals surface area (Å²) in [6.07, 6.45) is 3.63. The van der Waals surface area contributed by atoms with Crippen molar-refractivity contribution in [3.05, 3.63) is 82.8 Å². The Balaban J connectivity index is 1.71. The second-order valence-corrected chi connectivity index (χ2v) is 8.37. The van der Waals surface area contributed by atoms with E-state index in [1.165, 1.54) is 40.3 Å². The van der Waals surface area contributed by atoms with E-state index in [9.17, 15) is 0 Å². The minimum Gasteiger partial charge on any atom is -0.383 e. The first-order valence-electron chi connectivity index (χ1n) is 10.7. The number of nitrogens with one attached hydrogen (secondary N) is 2. The van der Waals surface area contributed by atoms with Crippen LogP contribution in [0.2, 0.25) is 0 Å². The van der Waals surface area contributed by atoms with Crippen LogP contribution in [-0.2, 0) is 6.42 Å². The first kappa shape index (κ1) is 19.3. The third-order valence-corrected chi connectivity index (χ3v) is 6.26. The zero-order chi connectivity index (χ0) is 21.5. The van der Waals surface area contributed by atoms with Gasteiger partial charge in [-0.3, -0.25) is 0 Å². The van der Waals surface area contributed by atoms with Crippen molar-refractivity contribution in [1.29, 1.82) is 5.41 Å². The number of anilines is 2. The summed E-state index contributed by atoms with van der Waals surface area (Å²) in [6.45, 7) is 5.19. The highest BCUT2D eigenvalue weighted by Crippen LogP contribution is 2.41. The number of fused-ring (bicyclic) bond motifs is 3. The van der Waals surface area contributed by atoms with Gasteiger partial charge in [0.2, 0.25) is 0 Å². The predicted octanol–water partition coefficient (Wildman–Crippen LogP) is 4.81. The van der Waals surface area contributed by atoms with Gasteiger partial charge in [0, 0.05) is 29.4 Å². The molecule has 0 amide bonds. The molecule has 4 N–H and O–H groups in total. The van der Waals surface area contributed by atoms with Crippen LogP contribution < -0.4 is 10.6 Å². The van der Waals surface area contributed by atoms with Crippen LogP contribution in [0.1, 0.15) is 53.8 Å². The van der Waals surface area contributed by atoms with E-state index >= 15 is 0 Å². The molecule has 4 aromatic rings. The Kier molecular flexibility index (Phi) is 4.70. The average molecular weight is 411 g/mol. The van der Waals surface area contributed by atoms with E-state index in [2.05, 4.69) is 82.2 Å². The number of aromatic amines is 1. The number of rotatable bonds is 4. The summed E-state index contributed by atoms with van der Waals surface area (Å²) in [5, 5.41) is 9.18.